The van der Waals surface area contributed by atoms with Crippen LogP contribution in [0.2, 0.25) is 0 Å². The molecule has 0 spiro atoms. The van der Waals surface area contributed by atoms with Crippen molar-refractivity contribution in [3.63, 3.8) is 0 Å². The second-order valence-electron chi connectivity index (χ2n) is 6.94. The number of unbranched alkanes of at least 4 members (excludes halogenated alkanes) is 9. The molecule has 0 aromatic rings. The van der Waals surface area contributed by atoms with Crippen molar-refractivity contribution >= 4 is 10.4 Å². The van der Waals surface area contributed by atoms with Crippen molar-refractivity contribution in [3.05, 3.63) is 0 Å². The Labute approximate surface area is 158 Å². The molecule has 0 aromatic heterocycles. The van der Waals surface area contributed by atoms with E-state index < -0.39 is 28.7 Å². The van der Waals surface area contributed by atoms with Crippen LogP contribution in [0, 0.1) is 0 Å². The van der Waals surface area contributed by atoms with E-state index in [2.05, 4.69) is 11.1 Å². The molecular formula is C18H37O7S-. The molecule has 0 aliphatic carbocycles. The normalized spacial score (nSPS) is 15.7. The Morgan fingerprint density at radius 1 is 0.846 bits per heavy atom. The van der Waals surface area contributed by atoms with Crippen molar-refractivity contribution in [3.8, 4) is 0 Å². The summed E-state index contributed by atoms with van der Waals surface area (Å²) in [5, 5.41) is 29.0. The van der Waals surface area contributed by atoms with Crippen LogP contribution in [0.3, 0.4) is 0 Å². The average Bonchev–Trinajstić information content (AvgIpc) is 2.58. The zero-order chi connectivity index (χ0) is 19.8. The molecule has 3 atom stereocenters. The monoisotopic (exact) mass is 397 g/mol. The van der Waals surface area contributed by atoms with Gasteiger partial charge in [0.25, 0.3) is 0 Å². The summed E-state index contributed by atoms with van der Waals surface area (Å²) in [6.45, 7) is 2.29. The standard InChI is InChI=1S/C18H38O7S/c1-2-3-4-7-11-14-17(25-26(22,23)24)18(21)16(20)13-10-8-5-6-9-12-15-19/h16-21H,2-15H2,1H3,(H,22,23,24)/p-1. The lowest BCUT2D eigenvalue weighted by molar-refractivity contribution is -0.0565. The van der Waals surface area contributed by atoms with Gasteiger partial charge in [0.15, 0.2) is 0 Å². The Hall–Kier alpha value is -0.250. The van der Waals surface area contributed by atoms with Gasteiger partial charge in [0.05, 0.1) is 6.10 Å². The van der Waals surface area contributed by atoms with Gasteiger partial charge in [-0.2, -0.15) is 0 Å². The minimum Gasteiger partial charge on any atom is -0.726 e. The van der Waals surface area contributed by atoms with Crippen LogP contribution in [0.5, 0.6) is 0 Å². The van der Waals surface area contributed by atoms with Gasteiger partial charge in [-0.1, -0.05) is 71.1 Å². The van der Waals surface area contributed by atoms with Gasteiger partial charge < -0.3 is 19.9 Å². The number of rotatable bonds is 18. The fourth-order valence-electron chi connectivity index (χ4n) is 2.97. The highest BCUT2D eigenvalue weighted by atomic mass is 32.3. The van der Waals surface area contributed by atoms with E-state index in [0.29, 0.717) is 19.3 Å². The van der Waals surface area contributed by atoms with Crippen LogP contribution in [0.1, 0.15) is 90.4 Å². The molecule has 26 heavy (non-hydrogen) atoms. The average molecular weight is 398 g/mol. The first-order chi connectivity index (χ1) is 12.3. The first-order valence-corrected chi connectivity index (χ1v) is 11.3. The van der Waals surface area contributed by atoms with E-state index in [4.69, 9.17) is 5.11 Å². The summed E-state index contributed by atoms with van der Waals surface area (Å²) in [5.41, 5.74) is 0. The summed E-state index contributed by atoms with van der Waals surface area (Å²) in [6, 6.07) is 0. The quantitative estimate of drug-likeness (QED) is 0.184. The van der Waals surface area contributed by atoms with Crippen LogP contribution < -0.4 is 0 Å². The predicted molar refractivity (Wildman–Crippen MR) is 99.4 cm³/mol. The molecule has 0 aliphatic heterocycles. The number of aliphatic hydroxyl groups excluding tert-OH is 3. The molecule has 0 aliphatic rings. The molecule has 0 heterocycles. The van der Waals surface area contributed by atoms with Crippen molar-refractivity contribution < 1.29 is 32.5 Å². The highest BCUT2D eigenvalue weighted by molar-refractivity contribution is 7.80. The molecule has 0 amide bonds. The Morgan fingerprint density at radius 2 is 1.35 bits per heavy atom. The molecule has 0 bridgehead atoms. The third-order valence-electron chi connectivity index (χ3n) is 4.52. The lowest BCUT2D eigenvalue weighted by atomic mass is 9.97. The Morgan fingerprint density at radius 3 is 1.88 bits per heavy atom. The highest BCUT2D eigenvalue weighted by Gasteiger charge is 2.28. The molecule has 158 valence electrons. The molecule has 8 heteroatoms. The van der Waals surface area contributed by atoms with Crippen molar-refractivity contribution in [1.29, 1.82) is 0 Å². The van der Waals surface area contributed by atoms with Gasteiger partial charge in [0, 0.05) is 6.61 Å². The summed E-state index contributed by atoms with van der Waals surface area (Å²) in [5.74, 6) is 0. The van der Waals surface area contributed by atoms with Crippen molar-refractivity contribution in [2.45, 2.75) is 109 Å². The Kier molecular flexibility index (Phi) is 15.6. The molecule has 0 rings (SSSR count). The maximum atomic E-state index is 10.9. The van der Waals surface area contributed by atoms with Crippen LogP contribution in [-0.2, 0) is 14.6 Å². The summed E-state index contributed by atoms with van der Waals surface area (Å²) in [4.78, 5) is 0. The third kappa shape index (κ3) is 14.9. The molecule has 3 unspecified atom stereocenters. The minimum absolute atomic E-state index is 0.202. The minimum atomic E-state index is -4.93. The Bertz CT molecular complexity index is 414. The maximum Gasteiger partial charge on any atom is 0.217 e. The number of aliphatic hydroxyl groups is 3. The van der Waals surface area contributed by atoms with Crippen LogP contribution in [0.4, 0.5) is 0 Å². The van der Waals surface area contributed by atoms with Gasteiger partial charge in [-0.15, -0.1) is 0 Å². The smallest absolute Gasteiger partial charge is 0.217 e. The molecule has 0 radical (unpaired) electrons. The fourth-order valence-corrected chi connectivity index (χ4v) is 3.48. The lowest BCUT2D eigenvalue weighted by Crippen LogP contribution is -2.40. The molecule has 3 N–H and O–H groups in total. The lowest BCUT2D eigenvalue weighted by Gasteiger charge is -2.27. The molecule has 0 saturated heterocycles. The van der Waals surface area contributed by atoms with Gasteiger partial charge >= 0.3 is 0 Å². The van der Waals surface area contributed by atoms with Crippen LogP contribution >= 0.6 is 0 Å². The molecule has 0 saturated carbocycles. The van der Waals surface area contributed by atoms with Gasteiger partial charge in [-0.05, 0) is 19.3 Å². The van der Waals surface area contributed by atoms with Gasteiger partial charge in [0.2, 0.25) is 10.4 Å². The van der Waals surface area contributed by atoms with E-state index in [1.807, 2.05) is 0 Å². The van der Waals surface area contributed by atoms with E-state index in [1.165, 1.54) is 0 Å². The fraction of sp³-hybridized carbons (Fsp3) is 1.00. The summed E-state index contributed by atoms with van der Waals surface area (Å²) in [6.07, 6.45) is 6.85. The van der Waals surface area contributed by atoms with Crippen LogP contribution in [0.25, 0.3) is 0 Å². The topological polar surface area (TPSA) is 127 Å². The van der Waals surface area contributed by atoms with Gasteiger partial charge in [0.1, 0.15) is 12.2 Å². The zero-order valence-corrected chi connectivity index (χ0v) is 16.8. The summed E-state index contributed by atoms with van der Waals surface area (Å²) < 4.78 is 37.2. The predicted octanol–water partition coefficient (Wildman–Crippen LogP) is 2.64. The number of hydrogen-bond donors (Lipinski definition) is 3. The largest absolute Gasteiger partial charge is 0.726 e. The van der Waals surface area contributed by atoms with Crippen LogP contribution in [0.15, 0.2) is 0 Å². The zero-order valence-electron chi connectivity index (χ0n) is 16.0. The van der Waals surface area contributed by atoms with E-state index in [9.17, 15) is 23.2 Å². The number of hydrogen-bond acceptors (Lipinski definition) is 7. The summed E-state index contributed by atoms with van der Waals surface area (Å²) >= 11 is 0. The second kappa shape index (κ2) is 15.8. The van der Waals surface area contributed by atoms with E-state index >= 15 is 0 Å². The van der Waals surface area contributed by atoms with E-state index in [1.54, 1.807) is 0 Å². The second-order valence-corrected chi connectivity index (χ2v) is 7.95. The van der Waals surface area contributed by atoms with Crippen molar-refractivity contribution in [2.24, 2.45) is 0 Å². The SMILES string of the molecule is CCCCCCCC(OS(=O)(=O)[O-])C(O)C(O)CCCCCCCCO. The third-order valence-corrected chi connectivity index (χ3v) is 5.00. The van der Waals surface area contributed by atoms with Gasteiger partial charge in [-0.3, -0.25) is 4.18 Å². The van der Waals surface area contributed by atoms with E-state index in [0.717, 1.165) is 57.8 Å². The Balaban J connectivity index is 4.24. The molecule has 7 nitrogen and oxygen atoms in total. The van der Waals surface area contributed by atoms with Crippen molar-refractivity contribution in [2.75, 3.05) is 6.61 Å². The van der Waals surface area contributed by atoms with Crippen LogP contribution in [-0.4, -0.2) is 53.2 Å². The first kappa shape index (κ1) is 25.8. The highest BCUT2D eigenvalue weighted by Crippen LogP contribution is 2.19. The first-order valence-electron chi connectivity index (χ1n) is 9.93. The molecular weight excluding hydrogens is 360 g/mol. The summed E-state index contributed by atoms with van der Waals surface area (Å²) in [7, 11) is -4.93. The molecule has 0 fully saturated rings. The molecule has 0 aromatic carbocycles. The van der Waals surface area contributed by atoms with Gasteiger partial charge in [-0.25, -0.2) is 8.42 Å². The maximum absolute atomic E-state index is 10.9. The van der Waals surface area contributed by atoms with Crippen molar-refractivity contribution in [1.82, 2.24) is 0 Å². The van der Waals surface area contributed by atoms with E-state index in [-0.39, 0.29) is 13.0 Å².